The van der Waals surface area contributed by atoms with Gasteiger partial charge in [-0.2, -0.15) is 5.26 Å². The molecule has 46 valence electrons. The molecule has 0 amide bonds. The third kappa shape index (κ3) is 3.63. The maximum Gasteiger partial charge on any atom is 0.0666 e. The molecule has 0 heterocycles. The normalized spacial score (nSPS) is 13.4. The van der Waals surface area contributed by atoms with Crippen molar-refractivity contribution in [2.45, 2.75) is 6.92 Å². The second kappa shape index (κ2) is 3.45. The first-order chi connectivity index (χ1) is 3.66. The van der Waals surface area contributed by atoms with E-state index >= 15 is 0 Å². The third-order valence-corrected chi connectivity index (χ3v) is 0.859. The van der Waals surface area contributed by atoms with Crippen molar-refractivity contribution in [3.63, 3.8) is 0 Å². The van der Waals surface area contributed by atoms with Crippen molar-refractivity contribution in [2.24, 2.45) is 5.92 Å². The largest absolute Gasteiger partial charge is 0.308 e. The highest BCUT2D eigenvalue weighted by Gasteiger charge is 1.98. The lowest BCUT2D eigenvalue weighted by Crippen LogP contribution is -2.18. The Balaban J connectivity index is 3.28. The molecule has 0 aliphatic rings. The zero-order valence-corrected chi connectivity index (χ0v) is 5.68. The quantitative estimate of drug-likeness (QED) is 0.526. The van der Waals surface area contributed by atoms with Crippen LogP contribution in [-0.2, 0) is 0 Å². The molecule has 2 heteroatoms. The summed E-state index contributed by atoms with van der Waals surface area (Å²) in [5.41, 5.74) is 0. The average Bonchev–Trinajstić information content (AvgIpc) is 1.65. The molecular formula is C6H12N2. The minimum atomic E-state index is 0.157. The predicted molar refractivity (Wildman–Crippen MR) is 33.3 cm³/mol. The molecule has 0 rings (SSSR count). The van der Waals surface area contributed by atoms with E-state index in [9.17, 15) is 0 Å². The summed E-state index contributed by atoms with van der Waals surface area (Å²) in [4.78, 5) is 2.01. The van der Waals surface area contributed by atoms with Gasteiger partial charge in [0.25, 0.3) is 0 Å². The first-order valence-electron chi connectivity index (χ1n) is 2.71. The monoisotopic (exact) mass is 112 g/mol. The standard InChI is InChI=1S/C6H12N2/c1-6(4-7)5-8(2)3/h6H,5H2,1-3H3/t6-/m0/s1. The molecule has 0 unspecified atom stereocenters. The molecule has 0 bridgehead atoms. The van der Waals surface area contributed by atoms with Gasteiger partial charge in [-0.15, -0.1) is 0 Å². The van der Waals surface area contributed by atoms with Crippen LogP contribution in [0.15, 0.2) is 0 Å². The summed E-state index contributed by atoms with van der Waals surface area (Å²) in [5.74, 6) is 0.157. The van der Waals surface area contributed by atoms with Gasteiger partial charge in [-0.25, -0.2) is 0 Å². The van der Waals surface area contributed by atoms with Crippen molar-refractivity contribution in [3.8, 4) is 6.07 Å². The van der Waals surface area contributed by atoms with Gasteiger partial charge in [0.15, 0.2) is 0 Å². The van der Waals surface area contributed by atoms with Crippen LogP contribution in [0.25, 0.3) is 0 Å². The number of hydrogen-bond acceptors (Lipinski definition) is 2. The van der Waals surface area contributed by atoms with Crippen molar-refractivity contribution in [1.82, 2.24) is 4.90 Å². The van der Waals surface area contributed by atoms with Gasteiger partial charge in [0.1, 0.15) is 0 Å². The van der Waals surface area contributed by atoms with Crippen molar-refractivity contribution < 1.29 is 0 Å². The fourth-order valence-electron chi connectivity index (χ4n) is 0.589. The van der Waals surface area contributed by atoms with Crippen molar-refractivity contribution in [3.05, 3.63) is 0 Å². The second-order valence-corrected chi connectivity index (χ2v) is 2.29. The highest BCUT2D eigenvalue weighted by molar-refractivity contribution is 4.79. The molecule has 0 aliphatic carbocycles. The lowest BCUT2D eigenvalue weighted by molar-refractivity contribution is 0.375. The summed E-state index contributed by atoms with van der Waals surface area (Å²) in [5, 5.41) is 8.31. The van der Waals surface area contributed by atoms with Crippen molar-refractivity contribution in [1.29, 1.82) is 5.26 Å². The first kappa shape index (κ1) is 7.45. The Bertz CT molecular complexity index is 91.2. The molecule has 2 nitrogen and oxygen atoms in total. The van der Waals surface area contributed by atoms with E-state index in [1.54, 1.807) is 0 Å². The molecule has 1 atom stereocenters. The molecule has 0 aromatic rings. The molecule has 0 aromatic carbocycles. The van der Waals surface area contributed by atoms with Crippen LogP contribution in [0.5, 0.6) is 0 Å². The zero-order valence-electron chi connectivity index (χ0n) is 5.68. The molecule has 0 radical (unpaired) electrons. The topological polar surface area (TPSA) is 27.0 Å². The number of nitrogens with zero attached hydrogens (tertiary/aromatic N) is 2. The number of hydrogen-bond donors (Lipinski definition) is 0. The van der Waals surface area contributed by atoms with Crippen LogP contribution < -0.4 is 0 Å². The summed E-state index contributed by atoms with van der Waals surface area (Å²) in [6.07, 6.45) is 0. The predicted octanol–water partition coefficient (Wildman–Crippen LogP) is 0.708. The van der Waals surface area contributed by atoms with Gasteiger partial charge in [-0.05, 0) is 21.0 Å². The van der Waals surface area contributed by atoms with Gasteiger partial charge in [-0.3, -0.25) is 0 Å². The van der Waals surface area contributed by atoms with Crippen LogP contribution in [0, 0.1) is 17.2 Å². The van der Waals surface area contributed by atoms with E-state index < -0.39 is 0 Å². The summed E-state index contributed by atoms with van der Waals surface area (Å²) < 4.78 is 0. The van der Waals surface area contributed by atoms with E-state index in [2.05, 4.69) is 6.07 Å². The van der Waals surface area contributed by atoms with Gasteiger partial charge in [0.2, 0.25) is 0 Å². The van der Waals surface area contributed by atoms with Crippen LogP contribution in [0.2, 0.25) is 0 Å². The Kier molecular flexibility index (Phi) is 3.21. The summed E-state index contributed by atoms with van der Waals surface area (Å²) in [6.45, 7) is 2.77. The van der Waals surface area contributed by atoms with E-state index in [1.165, 1.54) is 0 Å². The minimum absolute atomic E-state index is 0.157. The van der Waals surface area contributed by atoms with Gasteiger partial charge in [0, 0.05) is 6.54 Å². The van der Waals surface area contributed by atoms with E-state index in [4.69, 9.17) is 5.26 Å². The first-order valence-corrected chi connectivity index (χ1v) is 2.71. The van der Waals surface area contributed by atoms with Crippen LogP contribution in [0.4, 0.5) is 0 Å². The molecule has 8 heavy (non-hydrogen) atoms. The minimum Gasteiger partial charge on any atom is -0.308 e. The Labute approximate surface area is 50.7 Å². The van der Waals surface area contributed by atoms with Crippen LogP contribution in [0.1, 0.15) is 6.92 Å². The van der Waals surface area contributed by atoms with E-state index in [-0.39, 0.29) is 5.92 Å². The molecule has 0 saturated carbocycles. The molecule has 0 aliphatic heterocycles. The Morgan fingerprint density at radius 3 is 2.25 bits per heavy atom. The van der Waals surface area contributed by atoms with Crippen LogP contribution in [-0.4, -0.2) is 25.5 Å². The zero-order chi connectivity index (χ0) is 6.57. The van der Waals surface area contributed by atoms with Gasteiger partial charge in [0.05, 0.1) is 12.0 Å². The Morgan fingerprint density at radius 2 is 2.12 bits per heavy atom. The van der Waals surface area contributed by atoms with E-state index in [0.29, 0.717) is 0 Å². The maximum absolute atomic E-state index is 8.31. The maximum atomic E-state index is 8.31. The highest BCUT2D eigenvalue weighted by atomic mass is 15.0. The number of rotatable bonds is 2. The lowest BCUT2D eigenvalue weighted by atomic mass is 10.2. The smallest absolute Gasteiger partial charge is 0.0666 e. The van der Waals surface area contributed by atoms with E-state index in [0.717, 1.165) is 6.54 Å². The molecule has 0 aromatic heterocycles. The lowest BCUT2D eigenvalue weighted by Gasteiger charge is -2.09. The molecule has 0 saturated heterocycles. The summed E-state index contributed by atoms with van der Waals surface area (Å²) in [7, 11) is 3.93. The Hall–Kier alpha value is -0.550. The van der Waals surface area contributed by atoms with Crippen molar-refractivity contribution >= 4 is 0 Å². The van der Waals surface area contributed by atoms with Gasteiger partial charge in [-0.1, -0.05) is 0 Å². The Morgan fingerprint density at radius 1 is 1.62 bits per heavy atom. The fourth-order valence-corrected chi connectivity index (χ4v) is 0.589. The van der Waals surface area contributed by atoms with Crippen LogP contribution >= 0.6 is 0 Å². The number of nitriles is 1. The molecule has 0 N–H and O–H groups in total. The molecule has 0 fully saturated rings. The fraction of sp³-hybridized carbons (Fsp3) is 0.833. The SMILES string of the molecule is C[C@@H](C#N)CN(C)C. The van der Waals surface area contributed by atoms with Gasteiger partial charge < -0.3 is 4.90 Å². The highest BCUT2D eigenvalue weighted by Crippen LogP contribution is 1.91. The summed E-state index contributed by atoms with van der Waals surface area (Å²) in [6, 6.07) is 2.15. The van der Waals surface area contributed by atoms with Crippen LogP contribution in [0.3, 0.4) is 0 Å². The summed E-state index contributed by atoms with van der Waals surface area (Å²) >= 11 is 0. The average molecular weight is 112 g/mol. The van der Waals surface area contributed by atoms with E-state index in [1.807, 2.05) is 25.9 Å². The van der Waals surface area contributed by atoms with Gasteiger partial charge >= 0.3 is 0 Å². The molecular weight excluding hydrogens is 100 g/mol. The molecule has 0 spiro atoms. The third-order valence-electron chi connectivity index (χ3n) is 0.859. The second-order valence-electron chi connectivity index (χ2n) is 2.29. The van der Waals surface area contributed by atoms with Crippen molar-refractivity contribution in [2.75, 3.05) is 20.6 Å².